The van der Waals surface area contributed by atoms with Gasteiger partial charge in [0.15, 0.2) is 0 Å². The van der Waals surface area contributed by atoms with Crippen molar-refractivity contribution in [2.75, 3.05) is 0 Å². The molecule has 3 nitrogen and oxygen atoms in total. The predicted molar refractivity (Wildman–Crippen MR) is 85.3 cm³/mol. The van der Waals surface area contributed by atoms with E-state index in [1.165, 1.54) is 0 Å². The van der Waals surface area contributed by atoms with Crippen LogP contribution in [0.5, 0.6) is 5.75 Å². The van der Waals surface area contributed by atoms with E-state index in [1.807, 2.05) is 39.0 Å². The van der Waals surface area contributed by atoms with Gasteiger partial charge in [0.25, 0.3) is 0 Å². The maximum absolute atomic E-state index is 12.4. The lowest BCUT2D eigenvalue weighted by Crippen LogP contribution is -2.46. The van der Waals surface area contributed by atoms with E-state index in [1.54, 1.807) is 0 Å². The van der Waals surface area contributed by atoms with E-state index in [9.17, 15) is 4.79 Å². The molecule has 2 rings (SSSR count). The Morgan fingerprint density at radius 1 is 1.29 bits per heavy atom. The predicted octanol–water partition coefficient (Wildman–Crippen LogP) is 4.23. The van der Waals surface area contributed by atoms with Gasteiger partial charge in [0.2, 0.25) is 5.91 Å². The molecule has 1 N–H and O–H groups in total. The number of hydrogen-bond donors (Lipinski definition) is 1. The van der Waals surface area contributed by atoms with Gasteiger partial charge in [0, 0.05) is 17.4 Å². The first kappa shape index (κ1) is 15.9. The maximum atomic E-state index is 12.4. The number of hydrogen-bond acceptors (Lipinski definition) is 2. The van der Waals surface area contributed by atoms with Crippen molar-refractivity contribution in [3.8, 4) is 5.75 Å². The Bertz CT molecular complexity index is 512. The molecule has 116 valence electrons. The van der Waals surface area contributed by atoms with Crippen molar-refractivity contribution in [1.29, 1.82) is 0 Å². The summed E-state index contributed by atoms with van der Waals surface area (Å²) in [5.74, 6) is 0.997. The van der Waals surface area contributed by atoms with Crippen LogP contribution in [0.2, 0.25) is 0 Å². The molecular formula is C18H27NO2. The van der Waals surface area contributed by atoms with Crippen molar-refractivity contribution in [3.05, 3.63) is 29.8 Å². The molecule has 0 bridgehead atoms. The highest BCUT2D eigenvalue weighted by molar-refractivity contribution is 5.81. The molecule has 3 heteroatoms. The molecule has 0 saturated heterocycles. The fourth-order valence-corrected chi connectivity index (χ4v) is 2.80. The molecule has 0 aromatic heterocycles. The highest BCUT2D eigenvalue weighted by Crippen LogP contribution is 2.42. The standard InChI is InChI=1S/C18H27NO2/c1-6-18(7-2)12-14(19-16(20)17(3,4)5)13-10-8-9-11-15(13)21-18/h8-11,14H,6-7,12H2,1-5H3,(H,19,20)/t14-/m1/s1. The molecule has 1 amide bonds. The first-order chi connectivity index (χ1) is 9.81. The molecule has 0 fully saturated rings. The second-order valence-electron chi connectivity index (χ2n) is 7.01. The van der Waals surface area contributed by atoms with Crippen LogP contribution in [0, 0.1) is 5.41 Å². The molecule has 1 aliphatic rings. The zero-order valence-corrected chi connectivity index (χ0v) is 13.8. The van der Waals surface area contributed by atoms with Gasteiger partial charge in [-0.3, -0.25) is 4.79 Å². The number of carbonyl (C=O) groups is 1. The number of nitrogens with one attached hydrogen (secondary N) is 1. The molecule has 0 saturated carbocycles. The zero-order chi connectivity index (χ0) is 15.7. The molecule has 0 aliphatic carbocycles. The van der Waals surface area contributed by atoms with Gasteiger partial charge in [-0.2, -0.15) is 0 Å². The van der Waals surface area contributed by atoms with E-state index < -0.39 is 0 Å². The van der Waals surface area contributed by atoms with E-state index in [0.29, 0.717) is 0 Å². The van der Waals surface area contributed by atoms with E-state index in [0.717, 1.165) is 30.6 Å². The van der Waals surface area contributed by atoms with Crippen molar-refractivity contribution in [1.82, 2.24) is 5.32 Å². The third-order valence-electron chi connectivity index (χ3n) is 4.47. The average molecular weight is 289 g/mol. The summed E-state index contributed by atoms with van der Waals surface area (Å²) in [4.78, 5) is 12.4. The van der Waals surface area contributed by atoms with Crippen molar-refractivity contribution >= 4 is 5.91 Å². The first-order valence-electron chi connectivity index (χ1n) is 7.90. The van der Waals surface area contributed by atoms with Gasteiger partial charge in [-0.05, 0) is 18.9 Å². The third-order valence-corrected chi connectivity index (χ3v) is 4.47. The molecule has 21 heavy (non-hydrogen) atoms. The van der Waals surface area contributed by atoms with E-state index in [4.69, 9.17) is 4.74 Å². The van der Waals surface area contributed by atoms with E-state index >= 15 is 0 Å². The molecule has 1 atom stereocenters. The summed E-state index contributed by atoms with van der Waals surface area (Å²) in [6.45, 7) is 10.1. The quantitative estimate of drug-likeness (QED) is 0.904. The fourth-order valence-electron chi connectivity index (χ4n) is 2.80. The molecule has 0 spiro atoms. The normalized spacial score (nSPS) is 20.3. The van der Waals surface area contributed by atoms with Crippen LogP contribution in [0.1, 0.15) is 65.5 Å². The summed E-state index contributed by atoms with van der Waals surface area (Å²) in [5.41, 5.74) is 0.533. The largest absolute Gasteiger partial charge is 0.487 e. The highest BCUT2D eigenvalue weighted by Gasteiger charge is 2.39. The Labute approximate surface area is 128 Å². The maximum Gasteiger partial charge on any atom is 0.225 e. The van der Waals surface area contributed by atoms with Crippen LogP contribution in [0.3, 0.4) is 0 Å². The molecule has 0 unspecified atom stereocenters. The topological polar surface area (TPSA) is 38.3 Å². The summed E-state index contributed by atoms with van der Waals surface area (Å²) in [6, 6.07) is 8.08. The van der Waals surface area contributed by atoms with Crippen LogP contribution >= 0.6 is 0 Å². The monoisotopic (exact) mass is 289 g/mol. The molecule has 1 heterocycles. The van der Waals surface area contributed by atoms with Crippen LogP contribution in [0.25, 0.3) is 0 Å². The number of ether oxygens (including phenoxy) is 1. The Balaban J connectivity index is 2.33. The minimum absolute atomic E-state index is 0.0292. The summed E-state index contributed by atoms with van der Waals surface area (Å²) in [6.07, 6.45) is 2.72. The number of amides is 1. The van der Waals surface area contributed by atoms with Gasteiger partial charge in [-0.25, -0.2) is 0 Å². The van der Waals surface area contributed by atoms with Gasteiger partial charge >= 0.3 is 0 Å². The number of rotatable bonds is 3. The smallest absolute Gasteiger partial charge is 0.225 e. The number of carbonyl (C=O) groups excluding carboxylic acids is 1. The van der Waals surface area contributed by atoms with Crippen molar-refractivity contribution in [3.63, 3.8) is 0 Å². The van der Waals surface area contributed by atoms with Gasteiger partial charge in [-0.15, -0.1) is 0 Å². The van der Waals surface area contributed by atoms with Gasteiger partial charge in [0.05, 0.1) is 6.04 Å². The van der Waals surface area contributed by atoms with Crippen LogP contribution < -0.4 is 10.1 Å². The van der Waals surface area contributed by atoms with Crippen LogP contribution in [0.4, 0.5) is 0 Å². The average Bonchev–Trinajstić information content (AvgIpc) is 2.46. The number of benzene rings is 1. The molecular weight excluding hydrogens is 262 g/mol. The fraction of sp³-hybridized carbons (Fsp3) is 0.611. The van der Waals surface area contributed by atoms with Crippen molar-refractivity contribution in [2.45, 2.75) is 65.5 Å². The lowest BCUT2D eigenvalue weighted by Gasteiger charge is -2.42. The number of para-hydroxylation sites is 1. The second-order valence-corrected chi connectivity index (χ2v) is 7.01. The van der Waals surface area contributed by atoms with E-state index in [-0.39, 0.29) is 23.0 Å². The highest BCUT2D eigenvalue weighted by atomic mass is 16.5. The Morgan fingerprint density at radius 2 is 1.90 bits per heavy atom. The summed E-state index contributed by atoms with van der Waals surface area (Å²) < 4.78 is 6.26. The molecule has 1 aromatic carbocycles. The Hall–Kier alpha value is -1.51. The van der Waals surface area contributed by atoms with Crippen LogP contribution in [0.15, 0.2) is 24.3 Å². The van der Waals surface area contributed by atoms with Crippen molar-refractivity contribution in [2.24, 2.45) is 5.41 Å². The lowest BCUT2D eigenvalue weighted by atomic mass is 9.83. The Morgan fingerprint density at radius 3 is 2.48 bits per heavy atom. The van der Waals surface area contributed by atoms with Gasteiger partial charge in [0.1, 0.15) is 11.4 Å². The van der Waals surface area contributed by atoms with Crippen molar-refractivity contribution < 1.29 is 9.53 Å². The molecule has 1 aromatic rings. The number of fused-ring (bicyclic) bond motifs is 1. The lowest BCUT2D eigenvalue weighted by molar-refractivity contribution is -0.130. The van der Waals surface area contributed by atoms with E-state index in [2.05, 4.69) is 25.2 Å². The summed E-state index contributed by atoms with van der Waals surface area (Å²) >= 11 is 0. The molecule has 1 aliphatic heterocycles. The van der Waals surface area contributed by atoms with Gasteiger partial charge < -0.3 is 10.1 Å². The minimum Gasteiger partial charge on any atom is -0.487 e. The summed E-state index contributed by atoms with van der Waals surface area (Å²) in [7, 11) is 0. The Kier molecular flexibility index (Phi) is 4.31. The third kappa shape index (κ3) is 3.22. The zero-order valence-electron chi connectivity index (χ0n) is 13.8. The van der Waals surface area contributed by atoms with Gasteiger partial charge in [-0.1, -0.05) is 52.8 Å². The molecule has 0 radical (unpaired) electrons. The second kappa shape index (κ2) is 5.70. The van der Waals surface area contributed by atoms with Crippen LogP contribution in [-0.4, -0.2) is 11.5 Å². The minimum atomic E-state index is -0.381. The SMILES string of the molecule is CCC1(CC)C[C@@H](NC(=O)C(C)(C)C)c2ccccc2O1. The van der Waals surface area contributed by atoms with Crippen LogP contribution in [-0.2, 0) is 4.79 Å². The summed E-state index contributed by atoms with van der Waals surface area (Å²) in [5, 5.41) is 3.22. The first-order valence-corrected chi connectivity index (χ1v) is 7.90.